The van der Waals surface area contributed by atoms with Crippen molar-refractivity contribution in [1.82, 2.24) is 0 Å². The quantitative estimate of drug-likeness (QED) is 0.773. The zero-order chi connectivity index (χ0) is 9.80. The third-order valence-electron chi connectivity index (χ3n) is 2.80. The second-order valence-corrected chi connectivity index (χ2v) is 3.86. The molecule has 0 atom stereocenters. The van der Waals surface area contributed by atoms with Crippen LogP contribution in [0.25, 0.3) is 5.57 Å². The number of benzene rings is 1. The van der Waals surface area contributed by atoms with Crippen LogP contribution in [-0.2, 0) is 6.42 Å². The van der Waals surface area contributed by atoms with Crippen LogP contribution in [0.15, 0.2) is 30.3 Å². The first-order valence-corrected chi connectivity index (χ1v) is 5.38. The van der Waals surface area contributed by atoms with Gasteiger partial charge in [0, 0.05) is 0 Å². The molecule has 0 unspecified atom stereocenters. The highest BCUT2D eigenvalue weighted by Crippen LogP contribution is 2.27. The lowest BCUT2D eigenvalue weighted by atomic mass is 10.0. The summed E-state index contributed by atoms with van der Waals surface area (Å²) < 4.78 is 0. The fraction of sp³-hybridized carbons (Fsp3) is 0.385. The van der Waals surface area contributed by atoms with Gasteiger partial charge in [0.05, 0.1) is 0 Å². The summed E-state index contributed by atoms with van der Waals surface area (Å²) in [5.41, 5.74) is 9.76. The second-order valence-electron chi connectivity index (χ2n) is 3.86. The van der Waals surface area contributed by atoms with Gasteiger partial charge in [0.2, 0.25) is 0 Å². The molecule has 0 fully saturated rings. The monoisotopic (exact) mass is 187 g/mol. The predicted octanol–water partition coefficient (Wildman–Crippen LogP) is 2.76. The van der Waals surface area contributed by atoms with Gasteiger partial charge in [-0.3, -0.25) is 0 Å². The molecule has 14 heavy (non-hydrogen) atoms. The highest BCUT2D eigenvalue weighted by atomic mass is 14.5. The fourth-order valence-corrected chi connectivity index (χ4v) is 1.99. The highest BCUT2D eigenvalue weighted by molar-refractivity contribution is 5.67. The van der Waals surface area contributed by atoms with E-state index in [9.17, 15) is 0 Å². The Morgan fingerprint density at radius 2 is 1.93 bits per heavy atom. The van der Waals surface area contributed by atoms with Gasteiger partial charge in [-0.15, -0.1) is 0 Å². The van der Waals surface area contributed by atoms with E-state index in [2.05, 4.69) is 30.3 Å². The van der Waals surface area contributed by atoms with Gasteiger partial charge < -0.3 is 5.73 Å². The van der Waals surface area contributed by atoms with Crippen molar-refractivity contribution in [1.29, 1.82) is 0 Å². The van der Waals surface area contributed by atoms with E-state index in [-0.39, 0.29) is 0 Å². The molecule has 0 radical (unpaired) electrons. The van der Waals surface area contributed by atoms with Crippen molar-refractivity contribution in [2.24, 2.45) is 5.73 Å². The van der Waals surface area contributed by atoms with Gasteiger partial charge in [-0.2, -0.15) is 0 Å². The summed E-state index contributed by atoms with van der Waals surface area (Å²) in [5, 5.41) is 0. The smallest absolute Gasteiger partial charge is 0.00367 e. The summed E-state index contributed by atoms with van der Waals surface area (Å²) in [6.45, 7) is 0.738. The standard InChI is InChI=1S/C13H17N/c14-10-9-11-5-7-13(8-6-11)12-3-1-2-4-12/h3,5-8H,1-2,4,9-10,14H2. The van der Waals surface area contributed by atoms with E-state index >= 15 is 0 Å². The molecule has 1 nitrogen and oxygen atoms in total. The van der Waals surface area contributed by atoms with E-state index < -0.39 is 0 Å². The Bertz CT molecular complexity index is 322. The molecular formula is C13H17N. The Labute approximate surface area is 85.6 Å². The molecule has 0 aromatic heterocycles. The van der Waals surface area contributed by atoms with Gasteiger partial charge in [0.1, 0.15) is 0 Å². The molecule has 1 heteroatoms. The van der Waals surface area contributed by atoms with E-state index in [1.165, 1.54) is 36.0 Å². The normalized spacial score (nSPS) is 15.6. The van der Waals surface area contributed by atoms with Gasteiger partial charge in [0.15, 0.2) is 0 Å². The first-order valence-electron chi connectivity index (χ1n) is 5.38. The largest absolute Gasteiger partial charge is 0.330 e. The highest BCUT2D eigenvalue weighted by Gasteiger charge is 2.06. The molecule has 0 heterocycles. The van der Waals surface area contributed by atoms with Gasteiger partial charge in [-0.1, -0.05) is 30.3 Å². The molecule has 0 aliphatic heterocycles. The van der Waals surface area contributed by atoms with Crippen molar-refractivity contribution in [3.05, 3.63) is 41.5 Å². The minimum absolute atomic E-state index is 0.738. The zero-order valence-electron chi connectivity index (χ0n) is 8.50. The average Bonchev–Trinajstić information content (AvgIpc) is 2.72. The number of allylic oxidation sites excluding steroid dienone is 2. The number of hydrogen-bond acceptors (Lipinski definition) is 1. The van der Waals surface area contributed by atoms with Gasteiger partial charge in [0.25, 0.3) is 0 Å². The van der Waals surface area contributed by atoms with Crippen molar-refractivity contribution < 1.29 is 0 Å². The van der Waals surface area contributed by atoms with E-state index in [1.807, 2.05) is 0 Å². The number of rotatable bonds is 3. The first kappa shape index (κ1) is 9.47. The van der Waals surface area contributed by atoms with E-state index in [1.54, 1.807) is 0 Å². The summed E-state index contributed by atoms with van der Waals surface area (Å²) in [7, 11) is 0. The molecule has 1 aromatic carbocycles. The van der Waals surface area contributed by atoms with Crippen LogP contribution in [0.2, 0.25) is 0 Å². The predicted molar refractivity (Wildman–Crippen MR) is 61.0 cm³/mol. The van der Waals surface area contributed by atoms with Crippen LogP contribution < -0.4 is 5.73 Å². The summed E-state index contributed by atoms with van der Waals surface area (Å²) in [6, 6.07) is 8.84. The average molecular weight is 187 g/mol. The minimum Gasteiger partial charge on any atom is -0.330 e. The van der Waals surface area contributed by atoms with Crippen LogP contribution in [0, 0.1) is 0 Å². The molecule has 0 saturated carbocycles. The number of nitrogens with two attached hydrogens (primary N) is 1. The number of hydrogen-bond donors (Lipinski definition) is 1. The summed E-state index contributed by atoms with van der Waals surface area (Å²) in [4.78, 5) is 0. The van der Waals surface area contributed by atoms with Crippen LogP contribution in [0.5, 0.6) is 0 Å². The molecule has 1 aliphatic carbocycles. The van der Waals surface area contributed by atoms with Crippen LogP contribution in [-0.4, -0.2) is 6.54 Å². The third kappa shape index (κ3) is 2.05. The second kappa shape index (κ2) is 4.43. The molecule has 1 aliphatic rings. The Morgan fingerprint density at radius 1 is 1.14 bits per heavy atom. The maximum absolute atomic E-state index is 5.51. The summed E-state index contributed by atoms with van der Waals surface area (Å²) in [6.07, 6.45) is 7.16. The van der Waals surface area contributed by atoms with Gasteiger partial charge in [-0.25, -0.2) is 0 Å². The molecule has 2 N–H and O–H groups in total. The lowest BCUT2D eigenvalue weighted by molar-refractivity contribution is 0.935. The molecule has 0 saturated heterocycles. The molecule has 0 spiro atoms. The molecule has 0 bridgehead atoms. The van der Waals surface area contributed by atoms with Crippen molar-refractivity contribution >= 4 is 5.57 Å². The first-order chi connectivity index (χ1) is 6.90. The van der Waals surface area contributed by atoms with Gasteiger partial charge >= 0.3 is 0 Å². The van der Waals surface area contributed by atoms with E-state index in [4.69, 9.17) is 5.73 Å². The third-order valence-corrected chi connectivity index (χ3v) is 2.80. The van der Waals surface area contributed by atoms with Gasteiger partial charge in [-0.05, 0) is 48.9 Å². The summed E-state index contributed by atoms with van der Waals surface area (Å²) >= 11 is 0. The SMILES string of the molecule is NCCc1ccc(C2=CCCC2)cc1. The Balaban J connectivity index is 2.13. The molecule has 74 valence electrons. The fourth-order valence-electron chi connectivity index (χ4n) is 1.99. The Morgan fingerprint density at radius 3 is 2.50 bits per heavy atom. The van der Waals surface area contributed by atoms with Crippen molar-refractivity contribution in [2.75, 3.05) is 6.54 Å². The summed E-state index contributed by atoms with van der Waals surface area (Å²) in [5.74, 6) is 0. The van der Waals surface area contributed by atoms with Crippen LogP contribution in [0.4, 0.5) is 0 Å². The van der Waals surface area contributed by atoms with E-state index in [0.29, 0.717) is 0 Å². The molecule has 2 rings (SSSR count). The van der Waals surface area contributed by atoms with Crippen LogP contribution in [0.1, 0.15) is 30.4 Å². The zero-order valence-corrected chi connectivity index (χ0v) is 8.50. The maximum Gasteiger partial charge on any atom is -0.00367 e. The topological polar surface area (TPSA) is 26.0 Å². The van der Waals surface area contributed by atoms with Crippen LogP contribution in [0.3, 0.4) is 0 Å². The Kier molecular flexibility index (Phi) is 3.00. The molecular weight excluding hydrogens is 170 g/mol. The van der Waals surface area contributed by atoms with E-state index in [0.717, 1.165) is 13.0 Å². The maximum atomic E-state index is 5.51. The minimum atomic E-state index is 0.738. The Hall–Kier alpha value is -1.08. The van der Waals surface area contributed by atoms with Crippen molar-refractivity contribution in [3.8, 4) is 0 Å². The molecule has 1 aromatic rings. The lowest BCUT2D eigenvalue weighted by Gasteiger charge is -2.03. The lowest BCUT2D eigenvalue weighted by Crippen LogP contribution is -2.02. The van der Waals surface area contributed by atoms with Crippen LogP contribution >= 0.6 is 0 Å². The van der Waals surface area contributed by atoms with Crippen molar-refractivity contribution in [2.45, 2.75) is 25.7 Å². The van der Waals surface area contributed by atoms with Crippen molar-refractivity contribution in [3.63, 3.8) is 0 Å². The molecule has 0 amide bonds.